The van der Waals surface area contributed by atoms with Crippen molar-refractivity contribution in [1.29, 1.82) is 0 Å². The highest BCUT2D eigenvalue weighted by molar-refractivity contribution is 5.83. The second-order valence-electron chi connectivity index (χ2n) is 9.54. The van der Waals surface area contributed by atoms with Crippen molar-refractivity contribution < 1.29 is 19.7 Å². The Kier molecular flexibility index (Phi) is 8.57. The molecule has 0 amide bonds. The smallest absolute Gasteiger partial charge is 0.303 e. The van der Waals surface area contributed by atoms with Gasteiger partial charge in [0, 0.05) is 31.6 Å². The average molecular weight is 491 g/mol. The number of methoxy groups -OCH3 is 1. The Morgan fingerprint density at radius 1 is 1.28 bits per heavy atom. The van der Waals surface area contributed by atoms with Gasteiger partial charge >= 0.3 is 5.97 Å². The van der Waals surface area contributed by atoms with E-state index in [0.717, 1.165) is 53.8 Å². The topological polar surface area (TPSA) is 101 Å². The highest BCUT2D eigenvalue weighted by Gasteiger charge is 2.30. The number of aliphatic carboxylic acids is 1. The minimum Gasteiger partial charge on any atom is -0.497 e. The van der Waals surface area contributed by atoms with E-state index >= 15 is 0 Å². The third kappa shape index (κ3) is 6.42. The van der Waals surface area contributed by atoms with Gasteiger partial charge in [-0.05, 0) is 79.8 Å². The molecule has 0 bridgehead atoms. The molecule has 3 atom stereocenters. The Morgan fingerprint density at radius 2 is 2.14 bits per heavy atom. The lowest BCUT2D eigenvalue weighted by molar-refractivity contribution is -0.137. The Morgan fingerprint density at radius 3 is 2.89 bits per heavy atom. The largest absolute Gasteiger partial charge is 0.497 e. The molecule has 1 fully saturated rings. The maximum Gasteiger partial charge on any atom is 0.303 e. The van der Waals surface area contributed by atoms with E-state index < -0.39 is 12.1 Å². The summed E-state index contributed by atoms with van der Waals surface area (Å²) in [4.78, 5) is 22.1. The average Bonchev–Trinajstić information content (AvgIpc) is 3.30. The number of aryl methyl sites for hydroxylation is 1. The number of pyridine rings is 1. The molecule has 4 rings (SSSR count). The van der Waals surface area contributed by atoms with Gasteiger partial charge in [0.15, 0.2) is 0 Å². The molecule has 0 spiro atoms. The number of rotatable bonds is 9. The molecule has 36 heavy (non-hydrogen) atoms. The van der Waals surface area contributed by atoms with E-state index in [-0.39, 0.29) is 12.3 Å². The molecule has 8 heteroatoms. The maximum absolute atomic E-state index is 11.3. The number of piperidine rings is 1. The Hall–Kier alpha value is -3.41. The van der Waals surface area contributed by atoms with Crippen LogP contribution in [-0.4, -0.2) is 62.4 Å². The van der Waals surface area contributed by atoms with Crippen molar-refractivity contribution in [1.82, 2.24) is 19.4 Å². The third-order valence-electron chi connectivity index (χ3n) is 7.19. The monoisotopic (exact) mass is 490 g/mol. The maximum atomic E-state index is 11.3. The number of fused-ring (bicyclic) bond motifs is 1. The van der Waals surface area contributed by atoms with Gasteiger partial charge in [-0.2, -0.15) is 0 Å². The van der Waals surface area contributed by atoms with Crippen molar-refractivity contribution in [2.24, 2.45) is 18.9 Å². The Labute approximate surface area is 211 Å². The van der Waals surface area contributed by atoms with E-state index in [4.69, 9.17) is 4.74 Å². The van der Waals surface area contributed by atoms with Crippen LogP contribution in [0.4, 0.5) is 0 Å². The predicted octanol–water partition coefficient (Wildman–Crippen LogP) is 3.65. The number of aliphatic hydroxyl groups excluding tert-OH is 1. The summed E-state index contributed by atoms with van der Waals surface area (Å²) in [6, 6.07) is 7.56. The van der Waals surface area contributed by atoms with Crippen LogP contribution in [0.3, 0.4) is 0 Å². The third-order valence-corrected chi connectivity index (χ3v) is 7.19. The number of hydrogen-bond donors (Lipinski definition) is 2. The fraction of sp³-hybridized carbons (Fsp3) is 0.464. The van der Waals surface area contributed by atoms with E-state index in [0.29, 0.717) is 25.3 Å². The predicted molar refractivity (Wildman–Crippen MR) is 137 cm³/mol. The van der Waals surface area contributed by atoms with E-state index in [1.54, 1.807) is 25.8 Å². The van der Waals surface area contributed by atoms with Gasteiger partial charge < -0.3 is 19.5 Å². The lowest BCUT2D eigenvalue weighted by Gasteiger charge is -2.38. The second kappa shape index (κ2) is 12.0. The van der Waals surface area contributed by atoms with Crippen molar-refractivity contribution >= 4 is 16.9 Å². The number of imidazole rings is 1. The number of ether oxygens (including phenoxy) is 1. The van der Waals surface area contributed by atoms with Crippen molar-refractivity contribution in [2.45, 2.75) is 38.2 Å². The first-order valence-corrected chi connectivity index (χ1v) is 12.4. The second-order valence-corrected chi connectivity index (χ2v) is 9.54. The minimum absolute atomic E-state index is 0.160. The first-order valence-electron chi connectivity index (χ1n) is 12.4. The molecule has 1 saturated heterocycles. The van der Waals surface area contributed by atoms with Gasteiger partial charge in [-0.25, -0.2) is 4.98 Å². The molecule has 1 aliphatic heterocycles. The van der Waals surface area contributed by atoms with Gasteiger partial charge in [0.2, 0.25) is 0 Å². The van der Waals surface area contributed by atoms with Crippen LogP contribution in [-0.2, 0) is 11.8 Å². The standard InChI is InChI=1S/C28H34N4O4/c1-31-19-29-17-22(31)4-3-14-32-15-12-20(21(18-32)6-10-28(34)35)5-9-27(33)24-11-13-30-26-8-7-23(36-2)16-25(24)26/h7-8,11,13,16-17,19-21,27,33H,5-6,9-10,12,14-15,18H2,1-2H3,(H,34,35)/t20-,21+,27?/m1/s1. The molecule has 2 aromatic heterocycles. The van der Waals surface area contributed by atoms with Gasteiger partial charge in [-0.1, -0.05) is 5.92 Å². The van der Waals surface area contributed by atoms with Crippen molar-refractivity contribution in [2.75, 3.05) is 26.7 Å². The van der Waals surface area contributed by atoms with E-state index in [2.05, 4.69) is 26.7 Å². The zero-order chi connectivity index (χ0) is 25.5. The van der Waals surface area contributed by atoms with Crippen LogP contribution in [0.2, 0.25) is 0 Å². The molecule has 190 valence electrons. The highest BCUT2D eigenvalue weighted by atomic mass is 16.5. The first kappa shape index (κ1) is 25.7. The number of carboxylic acid groups (broad SMARTS) is 1. The van der Waals surface area contributed by atoms with Crippen molar-refractivity contribution in [3.05, 3.63) is 54.2 Å². The molecule has 8 nitrogen and oxygen atoms in total. The summed E-state index contributed by atoms with van der Waals surface area (Å²) in [5.41, 5.74) is 2.55. The molecule has 3 aromatic rings. The summed E-state index contributed by atoms with van der Waals surface area (Å²) in [7, 11) is 3.55. The number of nitrogens with zero attached hydrogens (tertiary/aromatic N) is 4. The van der Waals surface area contributed by atoms with Crippen LogP contribution in [0.15, 0.2) is 43.0 Å². The molecular formula is C28H34N4O4. The number of hydrogen-bond acceptors (Lipinski definition) is 6. The summed E-state index contributed by atoms with van der Waals surface area (Å²) in [6.45, 7) is 2.39. The molecule has 3 heterocycles. The number of benzene rings is 1. The van der Waals surface area contributed by atoms with Crippen LogP contribution >= 0.6 is 0 Å². The normalized spacial score (nSPS) is 19.0. The van der Waals surface area contributed by atoms with Crippen LogP contribution < -0.4 is 4.74 Å². The summed E-state index contributed by atoms with van der Waals surface area (Å²) < 4.78 is 7.25. The van der Waals surface area contributed by atoms with Crippen molar-refractivity contribution in [3.8, 4) is 17.6 Å². The van der Waals surface area contributed by atoms with E-state index in [1.165, 1.54) is 0 Å². The SMILES string of the molecule is COc1ccc2nccc(C(O)CC[C@@H]3CCN(CC#Cc4cncn4C)C[C@@H]3CCC(=O)O)c2c1. The van der Waals surface area contributed by atoms with Crippen LogP contribution in [0.5, 0.6) is 5.75 Å². The first-order chi connectivity index (χ1) is 17.4. The molecule has 0 radical (unpaired) electrons. The lowest BCUT2D eigenvalue weighted by atomic mass is 9.79. The van der Waals surface area contributed by atoms with Crippen molar-refractivity contribution in [3.63, 3.8) is 0 Å². The van der Waals surface area contributed by atoms with Crippen LogP contribution in [0.25, 0.3) is 10.9 Å². The fourth-order valence-corrected chi connectivity index (χ4v) is 5.13. The molecule has 2 N–H and O–H groups in total. The van der Waals surface area contributed by atoms with Gasteiger partial charge in [-0.15, -0.1) is 0 Å². The van der Waals surface area contributed by atoms with E-state index in [1.807, 2.05) is 35.9 Å². The molecule has 1 aromatic carbocycles. The fourth-order valence-electron chi connectivity index (χ4n) is 5.13. The zero-order valence-corrected chi connectivity index (χ0v) is 20.9. The van der Waals surface area contributed by atoms with Gasteiger partial charge in [0.25, 0.3) is 0 Å². The van der Waals surface area contributed by atoms with Gasteiger partial charge in [0.1, 0.15) is 11.4 Å². The Bertz CT molecular complexity index is 1250. The summed E-state index contributed by atoms with van der Waals surface area (Å²) in [6.07, 6.45) is 7.82. The summed E-state index contributed by atoms with van der Waals surface area (Å²) in [5.74, 6) is 7.00. The highest BCUT2D eigenvalue weighted by Crippen LogP contribution is 2.35. The number of carboxylic acids is 1. The molecule has 0 aliphatic carbocycles. The Balaban J connectivity index is 1.40. The number of aromatic nitrogens is 3. The zero-order valence-electron chi connectivity index (χ0n) is 20.9. The van der Waals surface area contributed by atoms with Gasteiger partial charge in [-0.3, -0.25) is 14.7 Å². The quantitative estimate of drug-likeness (QED) is 0.442. The summed E-state index contributed by atoms with van der Waals surface area (Å²) >= 11 is 0. The molecule has 1 aliphatic rings. The number of carbonyl (C=O) groups is 1. The molecule has 1 unspecified atom stereocenters. The molecule has 0 saturated carbocycles. The van der Waals surface area contributed by atoms with Gasteiger partial charge in [0.05, 0.1) is 37.8 Å². The molecular weight excluding hydrogens is 456 g/mol. The summed E-state index contributed by atoms with van der Waals surface area (Å²) in [5, 5.41) is 21.3. The lowest BCUT2D eigenvalue weighted by Crippen LogP contribution is -2.41. The van der Waals surface area contributed by atoms with Crippen LogP contribution in [0, 0.1) is 23.7 Å². The number of aliphatic hydroxyl groups is 1. The van der Waals surface area contributed by atoms with Crippen LogP contribution in [0.1, 0.15) is 49.5 Å². The number of likely N-dealkylation sites (tertiary alicyclic amines) is 1. The van der Waals surface area contributed by atoms with E-state index in [9.17, 15) is 15.0 Å². The minimum atomic E-state index is -0.765.